The van der Waals surface area contributed by atoms with E-state index in [1.54, 1.807) is 36.7 Å². The molecule has 0 amide bonds. The molecule has 0 aliphatic heterocycles. The average Bonchev–Trinajstić information content (AvgIpc) is 3.08. The van der Waals surface area contributed by atoms with E-state index >= 15 is 4.39 Å². The maximum atomic E-state index is 15.1. The second-order valence-electron chi connectivity index (χ2n) is 6.39. The number of alkyl halides is 1. The second-order valence-corrected chi connectivity index (χ2v) is 6.39. The van der Waals surface area contributed by atoms with Crippen molar-refractivity contribution in [2.24, 2.45) is 0 Å². The fourth-order valence-corrected chi connectivity index (χ4v) is 3.09. The van der Waals surface area contributed by atoms with Gasteiger partial charge in [0.2, 0.25) is 11.8 Å². The van der Waals surface area contributed by atoms with Crippen molar-refractivity contribution >= 4 is 0 Å². The minimum absolute atomic E-state index is 0.235. The summed E-state index contributed by atoms with van der Waals surface area (Å²) in [4.78, 5) is 19.4. The fraction of sp³-hybridized carbons (Fsp3) is 0.316. The first kappa shape index (κ1) is 17.3. The zero-order valence-electron chi connectivity index (χ0n) is 14.6. The highest BCUT2D eigenvalue weighted by molar-refractivity contribution is 5.55. The number of aromatic amines is 1. The molecule has 0 radical (unpaired) electrons. The number of rotatable bonds is 6. The average molecular weight is 371 g/mol. The van der Waals surface area contributed by atoms with E-state index in [0.717, 1.165) is 0 Å². The zero-order valence-corrected chi connectivity index (χ0v) is 14.6. The highest BCUT2D eigenvalue weighted by Crippen LogP contribution is 2.47. The van der Waals surface area contributed by atoms with Crippen LogP contribution < -0.4 is 15.0 Å². The lowest BCUT2D eigenvalue weighted by Crippen LogP contribution is -2.44. The third-order valence-corrected chi connectivity index (χ3v) is 4.48. The fourth-order valence-electron chi connectivity index (χ4n) is 3.09. The first-order valence-electron chi connectivity index (χ1n) is 8.65. The lowest BCUT2D eigenvalue weighted by atomic mass is 9.74. The van der Waals surface area contributed by atoms with Crippen molar-refractivity contribution in [1.29, 1.82) is 0 Å². The van der Waals surface area contributed by atoms with Crippen LogP contribution in [0.5, 0.6) is 11.8 Å². The van der Waals surface area contributed by atoms with Gasteiger partial charge >= 0.3 is 0 Å². The van der Waals surface area contributed by atoms with Crippen molar-refractivity contribution in [2.45, 2.75) is 31.5 Å². The van der Waals surface area contributed by atoms with Crippen molar-refractivity contribution < 1.29 is 18.4 Å². The number of hydrogen-bond donors (Lipinski definition) is 1. The summed E-state index contributed by atoms with van der Waals surface area (Å²) in [5.41, 5.74) is -0.572. The van der Waals surface area contributed by atoms with Crippen molar-refractivity contribution in [2.75, 3.05) is 6.61 Å². The molecule has 3 aromatic heterocycles. The van der Waals surface area contributed by atoms with Gasteiger partial charge in [-0.15, -0.1) is 0 Å². The maximum Gasteiger partial charge on any atom is 0.280 e. The van der Waals surface area contributed by atoms with Crippen molar-refractivity contribution in [1.82, 2.24) is 15.1 Å². The number of hydrogen-bond acceptors (Lipinski definition) is 6. The van der Waals surface area contributed by atoms with Crippen LogP contribution in [0.25, 0.3) is 11.3 Å². The van der Waals surface area contributed by atoms with E-state index < -0.39 is 5.67 Å². The summed E-state index contributed by atoms with van der Waals surface area (Å²) in [6.07, 6.45) is 3.30. The second kappa shape index (κ2) is 6.86. The Kier molecular flexibility index (Phi) is 4.39. The molecule has 0 saturated heterocycles. The predicted molar refractivity (Wildman–Crippen MR) is 94.4 cm³/mol. The molecular formula is C19H18FN3O4. The van der Waals surface area contributed by atoms with E-state index in [9.17, 15) is 4.79 Å². The van der Waals surface area contributed by atoms with Crippen molar-refractivity contribution in [3.63, 3.8) is 0 Å². The summed E-state index contributed by atoms with van der Waals surface area (Å²) in [7, 11) is 0. The van der Waals surface area contributed by atoms with Gasteiger partial charge in [0.1, 0.15) is 11.8 Å². The smallest absolute Gasteiger partial charge is 0.280 e. The molecule has 3 aromatic rings. The van der Waals surface area contributed by atoms with Crippen LogP contribution in [-0.2, 0) is 5.67 Å². The summed E-state index contributed by atoms with van der Waals surface area (Å²) < 4.78 is 31.2. The van der Waals surface area contributed by atoms with E-state index in [4.69, 9.17) is 14.0 Å². The van der Waals surface area contributed by atoms with E-state index in [1.807, 2.05) is 6.92 Å². The molecule has 8 heteroatoms. The first-order valence-corrected chi connectivity index (χ1v) is 8.65. The summed E-state index contributed by atoms with van der Waals surface area (Å²) in [5, 5.41) is 2.22. The van der Waals surface area contributed by atoms with Crippen LogP contribution in [0.2, 0.25) is 0 Å². The zero-order chi connectivity index (χ0) is 18.9. The molecule has 1 fully saturated rings. The third kappa shape index (κ3) is 3.55. The van der Waals surface area contributed by atoms with Crippen LogP contribution in [0.4, 0.5) is 4.39 Å². The molecule has 27 heavy (non-hydrogen) atoms. The largest absolute Gasteiger partial charge is 0.478 e. The van der Waals surface area contributed by atoms with Gasteiger partial charge in [0.05, 0.1) is 12.7 Å². The number of pyridine rings is 2. The number of halogens is 1. The number of nitrogens with one attached hydrogen (secondary N) is 1. The van der Waals surface area contributed by atoms with Gasteiger partial charge in [-0.05, 0) is 24.6 Å². The molecular weight excluding hydrogens is 353 g/mol. The minimum atomic E-state index is -1.45. The molecule has 4 rings (SSSR count). The summed E-state index contributed by atoms with van der Waals surface area (Å²) in [6.45, 7) is 2.34. The molecule has 1 aliphatic rings. The van der Waals surface area contributed by atoms with Crippen LogP contribution in [0.3, 0.4) is 0 Å². The predicted octanol–water partition coefficient (Wildman–Crippen LogP) is 3.23. The number of aromatic nitrogens is 3. The van der Waals surface area contributed by atoms with Crippen LogP contribution in [-0.4, -0.2) is 27.8 Å². The Morgan fingerprint density at radius 1 is 1.26 bits per heavy atom. The Balaban J connectivity index is 1.38. The normalized spacial score (nSPS) is 21.5. The lowest BCUT2D eigenvalue weighted by Gasteiger charge is -2.41. The van der Waals surface area contributed by atoms with E-state index in [0.29, 0.717) is 35.3 Å². The van der Waals surface area contributed by atoms with Gasteiger partial charge in [-0.3, -0.25) is 4.79 Å². The Hall–Kier alpha value is -3.16. The molecule has 1 N–H and O–H groups in total. The minimum Gasteiger partial charge on any atom is -0.478 e. The molecule has 0 spiro atoms. The van der Waals surface area contributed by atoms with Gasteiger partial charge in [-0.1, -0.05) is 0 Å². The highest BCUT2D eigenvalue weighted by Gasteiger charge is 2.48. The van der Waals surface area contributed by atoms with Gasteiger partial charge < -0.3 is 14.0 Å². The Labute approximate surface area is 154 Å². The Morgan fingerprint density at radius 2 is 2.11 bits per heavy atom. The van der Waals surface area contributed by atoms with Crippen LogP contribution in [0.15, 0.2) is 52.0 Å². The molecule has 3 heterocycles. The van der Waals surface area contributed by atoms with Gasteiger partial charge in [0.25, 0.3) is 5.56 Å². The molecule has 1 saturated carbocycles. The molecule has 0 aromatic carbocycles. The quantitative estimate of drug-likeness (QED) is 0.715. The molecule has 140 valence electrons. The first-order chi connectivity index (χ1) is 13.1. The van der Waals surface area contributed by atoms with Gasteiger partial charge in [0.15, 0.2) is 5.76 Å². The standard InChI is InChI=1S/C19H18FN3O4/c1-2-25-18-7-13(5-6-21-18)19(20)9-14(10-19)26-17-4-3-12(11-22-17)15-8-16(24)23-27-15/h3-8,11,14H,2,9-10H2,1H3,(H,23,24). The topological polar surface area (TPSA) is 90.2 Å². The van der Waals surface area contributed by atoms with Crippen molar-refractivity contribution in [3.8, 4) is 23.1 Å². The highest BCUT2D eigenvalue weighted by atomic mass is 19.1. The lowest BCUT2D eigenvalue weighted by molar-refractivity contribution is -0.0487. The van der Waals surface area contributed by atoms with Crippen LogP contribution in [0, 0.1) is 0 Å². The maximum absolute atomic E-state index is 15.1. The Morgan fingerprint density at radius 3 is 2.78 bits per heavy atom. The number of nitrogens with zero attached hydrogens (tertiary/aromatic N) is 2. The molecule has 1 aliphatic carbocycles. The monoisotopic (exact) mass is 371 g/mol. The Bertz CT molecular complexity index is 977. The molecule has 7 nitrogen and oxygen atoms in total. The van der Waals surface area contributed by atoms with Crippen LogP contribution >= 0.6 is 0 Å². The molecule has 0 unspecified atom stereocenters. The number of H-pyrrole nitrogens is 1. The van der Waals surface area contributed by atoms with Gasteiger partial charge in [-0.2, -0.15) is 5.16 Å². The summed E-state index contributed by atoms with van der Waals surface area (Å²) in [5.74, 6) is 1.21. The number of ether oxygens (including phenoxy) is 2. The van der Waals surface area contributed by atoms with Crippen LogP contribution in [0.1, 0.15) is 25.3 Å². The summed E-state index contributed by atoms with van der Waals surface area (Å²) >= 11 is 0. The molecule has 0 atom stereocenters. The summed E-state index contributed by atoms with van der Waals surface area (Å²) in [6, 6.07) is 8.03. The van der Waals surface area contributed by atoms with Gasteiger partial charge in [-0.25, -0.2) is 14.4 Å². The molecule has 0 bridgehead atoms. The van der Waals surface area contributed by atoms with E-state index in [-0.39, 0.29) is 24.5 Å². The third-order valence-electron chi connectivity index (χ3n) is 4.48. The van der Waals surface area contributed by atoms with Crippen molar-refractivity contribution in [3.05, 3.63) is 58.6 Å². The van der Waals surface area contributed by atoms with Gasteiger partial charge in [0, 0.05) is 42.9 Å². The SMILES string of the molecule is CCOc1cc(C2(F)CC(Oc3ccc(-c4cc(=O)[nH]o4)cn3)C2)ccn1. The van der Waals surface area contributed by atoms with E-state index in [1.165, 1.54) is 6.07 Å². The van der Waals surface area contributed by atoms with E-state index in [2.05, 4.69) is 15.1 Å².